The van der Waals surface area contributed by atoms with Gasteiger partial charge < -0.3 is 133 Å². The van der Waals surface area contributed by atoms with E-state index in [0.717, 1.165) is 11.6 Å². The second-order valence-corrected chi connectivity index (χ2v) is 30.5. The third kappa shape index (κ3) is 13.0. The van der Waals surface area contributed by atoms with E-state index in [1.165, 1.54) is 34.0 Å². The average molecular weight is 1400 g/mol. The summed E-state index contributed by atoms with van der Waals surface area (Å²) in [6.07, 6.45) is -34.0. The van der Waals surface area contributed by atoms with Crippen LogP contribution in [0, 0.1) is 50.2 Å². The number of aliphatic carboxylic acids is 1. The number of aliphatic hydroxyl groups is 14. The van der Waals surface area contributed by atoms with E-state index in [2.05, 4.69) is 26.8 Å². The Morgan fingerprint density at radius 2 is 1.20 bits per heavy atom. The molecule has 11 rings (SSSR count). The number of ether oxygens (including phenoxy) is 12. The van der Waals surface area contributed by atoms with Gasteiger partial charge in [-0.25, -0.2) is 4.79 Å². The highest BCUT2D eigenvalue weighted by Crippen LogP contribution is 2.76. The number of benzene rings is 1. The average Bonchev–Trinajstić information content (AvgIpc) is 0.670. The van der Waals surface area contributed by atoms with Crippen molar-refractivity contribution in [3.05, 3.63) is 47.6 Å². The zero-order valence-electron chi connectivity index (χ0n) is 56.2. The minimum atomic E-state index is -2.05. The van der Waals surface area contributed by atoms with Gasteiger partial charge in [-0.3, -0.25) is 9.59 Å². The fourth-order valence-corrected chi connectivity index (χ4v) is 18.7. The minimum Gasteiger partial charge on any atom is -0.497 e. The molecule has 5 saturated heterocycles. The van der Waals surface area contributed by atoms with Crippen molar-refractivity contribution in [2.45, 2.75) is 260 Å². The van der Waals surface area contributed by atoms with Crippen LogP contribution in [-0.4, -0.2) is 282 Å². The van der Waals surface area contributed by atoms with Gasteiger partial charge in [0.2, 0.25) is 6.29 Å². The number of carboxylic acid groups (broad SMARTS) is 1. The zero-order chi connectivity index (χ0) is 71.3. The Morgan fingerprint density at radius 1 is 0.592 bits per heavy atom. The van der Waals surface area contributed by atoms with E-state index in [9.17, 15) is 86.2 Å². The molecule has 4 saturated carbocycles. The quantitative estimate of drug-likeness (QED) is 0.0362. The number of carbonyl (C=O) groups is 3. The number of aliphatic hydroxyl groups excluding tert-OH is 14. The SMILES string of the molecule is COc1ccc(/C=C\C(=O)O[C@H]2[C@@H](O)[C@H](O[C@H]3O[C@H](C)[C@@H](O[C@@H]4OC[C@@H](O[C@@H]5OC[C@H](O)[C@H](O)[C@H]5O)[C@H](O)[C@H]4O)[C@H](O)[C@@H]3O)[C@@H](OC(=O)[C@]34CCC(C)(C)C[C@H]3C3=CC[C@@H]5[C@@]6(C)C[C@H](O)[C@H](O[C@@H]7O[C@H](CO)[C@@H](O)[C@H](O)[C@H]7O)[C@@](C)(C(=O)O)[C@@H]6CC[C@@]5(C)[C@]3(CO)CC4)O[C@H]2C)cc1. The molecule has 0 aromatic heterocycles. The Morgan fingerprint density at radius 3 is 1.88 bits per heavy atom. The van der Waals surface area contributed by atoms with Crippen LogP contribution in [0.1, 0.15) is 112 Å². The van der Waals surface area contributed by atoms with Crippen LogP contribution in [0.2, 0.25) is 0 Å². The monoisotopic (exact) mass is 1400 g/mol. The number of rotatable bonds is 17. The number of esters is 2. The molecule has 15 N–H and O–H groups in total. The lowest BCUT2D eigenvalue weighted by Crippen LogP contribution is -2.71. The molecule has 0 unspecified atom stereocenters. The molecule has 5 aliphatic carbocycles. The van der Waals surface area contributed by atoms with E-state index in [0.29, 0.717) is 43.4 Å². The smallest absolute Gasteiger partial charge is 0.331 e. The van der Waals surface area contributed by atoms with Crippen molar-refractivity contribution in [1.82, 2.24) is 0 Å². The number of hydrogen-bond donors (Lipinski definition) is 15. The van der Waals surface area contributed by atoms with Crippen molar-refractivity contribution in [2.75, 3.05) is 33.5 Å². The Balaban J connectivity index is 0.848. The predicted molar refractivity (Wildman–Crippen MR) is 331 cm³/mol. The van der Waals surface area contributed by atoms with Crippen LogP contribution in [-0.2, 0) is 66.5 Å². The van der Waals surface area contributed by atoms with Gasteiger partial charge in [0.25, 0.3) is 0 Å². The van der Waals surface area contributed by atoms with Gasteiger partial charge in [-0.2, -0.15) is 0 Å². The van der Waals surface area contributed by atoms with Crippen molar-refractivity contribution < 1.29 is 148 Å². The minimum absolute atomic E-state index is 0.0129. The second-order valence-electron chi connectivity index (χ2n) is 30.5. The van der Waals surface area contributed by atoms with E-state index in [1.807, 2.05) is 6.92 Å². The Hall–Kier alpha value is -4.01. The standard InChI is InChI=1S/C68H100O30/c1-29-52(95-57-48(80)44(76)38(27-89-57)93-56-47(79)42(74)36(72)26-88-56)46(78)50(82)58(90-29)96-54-51(83)53(94-41(73)16-11-31-9-12-32(87-8)13-10-31)30(2)91-60(54)98-62(86)67-20-19-63(3,4)23-34(67)33-14-15-39-64(5)24-35(71)55(97-59-49(81)45(77)43(75)37(25-69)92-59)66(7,61(84)85)40(64)17-18-65(39,6)68(33,28-70)22-21-67/h9-14,16,29-30,34-40,42-60,69-72,74-83H,15,17-28H2,1-8H3,(H,84,85)/b16-11-/t29-,30+,34+,35+,36+,37-,38-,39-,40-,42+,43-,44+,45+,46-,47-,48-,49-,50+,51-,52-,53-,54+,55+,56+,57+,58-,59+,60-,64-,65-,66+,67+,68+/m1/s1. The number of methoxy groups -OCH3 is 1. The van der Waals surface area contributed by atoms with Crippen molar-refractivity contribution >= 4 is 24.0 Å². The topological polar surface area (TPSA) is 465 Å². The third-order valence-corrected chi connectivity index (χ3v) is 24.5. The van der Waals surface area contributed by atoms with Crippen molar-refractivity contribution in [1.29, 1.82) is 0 Å². The normalized spacial score (nSPS) is 49.4. The van der Waals surface area contributed by atoms with Crippen LogP contribution < -0.4 is 4.74 Å². The lowest BCUT2D eigenvalue weighted by atomic mass is 9.33. The highest BCUT2D eigenvalue weighted by molar-refractivity contribution is 5.87. The lowest BCUT2D eigenvalue weighted by molar-refractivity contribution is -0.377. The van der Waals surface area contributed by atoms with Crippen LogP contribution >= 0.6 is 0 Å². The molecule has 0 bridgehead atoms. The van der Waals surface area contributed by atoms with Gasteiger partial charge in [0.15, 0.2) is 37.4 Å². The summed E-state index contributed by atoms with van der Waals surface area (Å²) in [7, 11) is 1.51. The van der Waals surface area contributed by atoms with Crippen LogP contribution in [0.15, 0.2) is 42.0 Å². The van der Waals surface area contributed by atoms with E-state index in [-0.39, 0.29) is 43.6 Å². The molecule has 5 aliphatic heterocycles. The van der Waals surface area contributed by atoms with E-state index in [1.54, 1.807) is 24.3 Å². The Kier molecular flexibility index (Phi) is 21.9. The highest BCUT2D eigenvalue weighted by atomic mass is 16.8. The number of carbonyl (C=O) groups excluding carboxylic acids is 2. The summed E-state index contributed by atoms with van der Waals surface area (Å²) in [5.41, 5.74) is -4.83. The van der Waals surface area contributed by atoms with Crippen molar-refractivity contribution in [3.63, 3.8) is 0 Å². The summed E-state index contributed by atoms with van der Waals surface area (Å²) in [5.74, 6) is -4.02. The summed E-state index contributed by atoms with van der Waals surface area (Å²) >= 11 is 0. The zero-order valence-corrected chi connectivity index (χ0v) is 56.2. The van der Waals surface area contributed by atoms with Gasteiger partial charge in [0.1, 0.15) is 97.3 Å². The maximum Gasteiger partial charge on any atom is 0.331 e. The first-order valence-corrected chi connectivity index (χ1v) is 34.0. The van der Waals surface area contributed by atoms with E-state index >= 15 is 4.79 Å². The van der Waals surface area contributed by atoms with Gasteiger partial charge in [-0.1, -0.05) is 51.5 Å². The maximum absolute atomic E-state index is 15.9. The van der Waals surface area contributed by atoms with Gasteiger partial charge >= 0.3 is 17.9 Å². The third-order valence-electron chi connectivity index (χ3n) is 24.5. The number of carboxylic acids is 1. The largest absolute Gasteiger partial charge is 0.497 e. The van der Waals surface area contributed by atoms with Crippen molar-refractivity contribution in [3.8, 4) is 5.75 Å². The molecule has 0 spiro atoms. The van der Waals surface area contributed by atoms with Crippen LogP contribution in [0.5, 0.6) is 5.75 Å². The molecule has 552 valence electrons. The molecule has 1 aromatic carbocycles. The van der Waals surface area contributed by atoms with E-state index < -0.39 is 230 Å². The van der Waals surface area contributed by atoms with Crippen LogP contribution in [0.25, 0.3) is 6.08 Å². The fourth-order valence-electron chi connectivity index (χ4n) is 18.7. The molecular formula is C68H100O30. The molecule has 10 aliphatic rings. The molecule has 98 heavy (non-hydrogen) atoms. The van der Waals surface area contributed by atoms with Gasteiger partial charge in [0, 0.05) is 11.5 Å². The maximum atomic E-state index is 15.9. The molecule has 0 radical (unpaired) electrons. The first-order chi connectivity index (χ1) is 46.1. The number of fused-ring (bicyclic) bond motifs is 7. The van der Waals surface area contributed by atoms with Crippen LogP contribution in [0.4, 0.5) is 0 Å². The Bertz CT molecular complexity index is 3040. The first-order valence-electron chi connectivity index (χ1n) is 34.0. The number of hydrogen-bond acceptors (Lipinski definition) is 29. The molecule has 30 nitrogen and oxygen atoms in total. The first kappa shape index (κ1) is 75.2. The summed E-state index contributed by atoms with van der Waals surface area (Å²) < 4.78 is 71.0. The molecule has 1 aromatic rings. The van der Waals surface area contributed by atoms with Crippen LogP contribution in [0.3, 0.4) is 0 Å². The Labute approximate surface area is 566 Å². The van der Waals surface area contributed by atoms with Gasteiger partial charge in [-0.15, -0.1) is 0 Å². The summed E-state index contributed by atoms with van der Waals surface area (Å²) in [6, 6.07) is 6.76. The highest BCUT2D eigenvalue weighted by Gasteiger charge is 2.74. The molecule has 0 amide bonds. The van der Waals surface area contributed by atoms with Gasteiger partial charge in [-0.05, 0) is 136 Å². The number of allylic oxidation sites excluding steroid dienone is 1. The fraction of sp³-hybridized carbons (Fsp3) is 0.809. The van der Waals surface area contributed by atoms with Gasteiger partial charge in [0.05, 0.1) is 62.7 Å². The van der Waals surface area contributed by atoms with E-state index in [4.69, 9.17) is 56.8 Å². The van der Waals surface area contributed by atoms with Crippen molar-refractivity contribution in [2.24, 2.45) is 50.2 Å². The lowest BCUT2D eigenvalue weighted by Gasteiger charge is -2.71. The molecule has 30 heteroatoms. The molecule has 33 atom stereocenters. The predicted octanol–water partition coefficient (Wildman–Crippen LogP) is -1.60. The summed E-state index contributed by atoms with van der Waals surface area (Å²) in [6.45, 7) is 10.6. The molecule has 5 heterocycles. The molecule has 9 fully saturated rings. The summed E-state index contributed by atoms with van der Waals surface area (Å²) in [5, 5.41) is 167. The molecular weight excluding hydrogens is 1300 g/mol. The summed E-state index contributed by atoms with van der Waals surface area (Å²) in [4.78, 5) is 43.4. The second kappa shape index (κ2) is 28.6.